The van der Waals surface area contributed by atoms with Crippen LogP contribution in [0.5, 0.6) is 5.75 Å². The van der Waals surface area contributed by atoms with Gasteiger partial charge in [-0.2, -0.15) is 0 Å². The van der Waals surface area contributed by atoms with E-state index in [0.29, 0.717) is 11.4 Å². The third kappa shape index (κ3) is 3.11. The highest BCUT2D eigenvalue weighted by atomic mass is 16.5. The van der Waals surface area contributed by atoms with E-state index in [1.54, 1.807) is 6.92 Å². The zero-order chi connectivity index (χ0) is 17.3. The number of benzene rings is 2. The Morgan fingerprint density at radius 3 is 2.71 bits per heavy atom. The third-order valence-corrected chi connectivity index (χ3v) is 4.04. The Morgan fingerprint density at radius 1 is 1.21 bits per heavy atom. The largest absolute Gasteiger partial charge is 0.479 e. The summed E-state index contributed by atoms with van der Waals surface area (Å²) in [7, 11) is 0. The smallest absolute Gasteiger partial charge is 0.268 e. The highest BCUT2D eigenvalue weighted by molar-refractivity contribution is 6.06. The molecule has 3 rings (SSSR count). The van der Waals surface area contributed by atoms with E-state index in [9.17, 15) is 9.59 Å². The average molecular weight is 324 g/mol. The van der Waals surface area contributed by atoms with Crippen LogP contribution >= 0.6 is 0 Å². The quantitative estimate of drug-likeness (QED) is 0.944. The van der Waals surface area contributed by atoms with E-state index in [2.05, 4.69) is 5.32 Å². The summed E-state index contributed by atoms with van der Waals surface area (Å²) in [5, 5.41) is 2.86. The van der Waals surface area contributed by atoms with Crippen LogP contribution in [0.4, 0.5) is 11.4 Å². The lowest BCUT2D eigenvalue weighted by atomic mass is 10.1. The fraction of sp³-hybridized carbons (Fsp3) is 0.263. The Kier molecular flexibility index (Phi) is 4.25. The molecule has 0 aliphatic carbocycles. The maximum atomic E-state index is 12.5. The molecular formula is C19H20N2O3. The topological polar surface area (TPSA) is 58.6 Å². The standard InChI is InChI=1S/C19H20N2O3/c1-12-8-9-17-16(10-12)21(19(23)14(3)24-17)11-18(22)20-15-7-5-4-6-13(15)2/h4-10,14H,11H2,1-3H3,(H,20,22)/t14-/m1/s1. The Balaban J connectivity index is 1.83. The van der Waals surface area contributed by atoms with Gasteiger partial charge in [0.05, 0.1) is 5.69 Å². The maximum Gasteiger partial charge on any atom is 0.268 e. The van der Waals surface area contributed by atoms with Crippen molar-refractivity contribution in [2.24, 2.45) is 0 Å². The Labute approximate surface area is 141 Å². The number of ether oxygens (including phenoxy) is 1. The molecule has 0 saturated heterocycles. The number of carbonyl (C=O) groups excluding carboxylic acids is 2. The predicted molar refractivity (Wildman–Crippen MR) is 93.4 cm³/mol. The number of rotatable bonds is 3. The summed E-state index contributed by atoms with van der Waals surface area (Å²) in [5.41, 5.74) is 3.37. The van der Waals surface area contributed by atoms with Crippen molar-refractivity contribution in [1.82, 2.24) is 0 Å². The fourth-order valence-electron chi connectivity index (χ4n) is 2.73. The molecule has 0 bridgehead atoms. The van der Waals surface area contributed by atoms with Gasteiger partial charge in [0.25, 0.3) is 5.91 Å². The SMILES string of the molecule is Cc1ccc2c(c1)N(CC(=O)Nc1ccccc1C)C(=O)[C@@H](C)O2. The summed E-state index contributed by atoms with van der Waals surface area (Å²) < 4.78 is 5.63. The minimum absolute atomic E-state index is 0.0443. The summed E-state index contributed by atoms with van der Waals surface area (Å²) in [6.45, 7) is 5.51. The highest BCUT2D eigenvalue weighted by Crippen LogP contribution is 2.34. The van der Waals surface area contributed by atoms with Crippen LogP contribution in [0, 0.1) is 13.8 Å². The number of anilines is 2. The van der Waals surface area contributed by atoms with E-state index < -0.39 is 6.10 Å². The van der Waals surface area contributed by atoms with Gasteiger partial charge in [-0.25, -0.2) is 0 Å². The van der Waals surface area contributed by atoms with E-state index >= 15 is 0 Å². The van der Waals surface area contributed by atoms with E-state index in [-0.39, 0.29) is 18.4 Å². The molecule has 0 radical (unpaired) electrons. The van der Waals surface area contributed by atoms with Crippen LogP contribution in [-0.4, -0.2) is 24.5 Å². The number of hydrogen-bond acceptors (Lipinski definition) is 3. The molecule has 0 aromatic heterocycles. The fourth-order valence-corrected chi connectivity index (χ4v) is 2.73. The minimum Gasteiger partial charge on any atom is -0.479 e. The summed E-state index contributed by atoms with van der Waals surface area (Å²) >= 11 is 0. The van der Waals surface area contributed by atoms with Gasteiger partial charge in [0.1, 0.15) is 12.3 Å². The monoisotopic (exact) mass is 324 g/mol. The predicted octanol–water partition coefficient (Wildman–Crippen LogP) is 3.06. The molecule has 2 amide bonds. The van der Waals surface area contributed by atoms with Crippen molar-refractivity contribution in [3.8, 4) is 5.75 Å². The van der Waals surface area contributed by atoms with Crippen LogP contribution in [-0.2, 0) is 9.59 Å². The molecule has 1 aliphatic heterocycles. The zero-order valence-corrected chi connectivity index (χ0v) is 14.0. The molecule has 1 heterocycles. The van der Waals surface area contributed by atoms with Gasteiger partial charge >= 0.3 is 0 Å². The lowest BCUT2D eigenvalue weighted by Crippen LogP contribution is -2.47. The Morgan fingerprint density at radius 2 is 1.96 bits per heavy atom. The molecule has 0 fully saturated rings. The first-order valence-electron chi connectivity index (χ1n) is 7.90. The summed E-state index contributed by atoms with van der Waals surface area (Å²) in [6, 6.07) is 13.2. The van der Waals surface area contributed by atoms with Gasteiger partial charge in [-0.3, -0.25) is 14.5 Å². The van der Waals surface area contributed by atoms with Crippen LogP contribution in [0.1, 0.15) is 18.1 Å². The van der Waals surface area contributed by atoms with Crippen LogP contribution in [0.25, 0.3) is 0 Å². The van der Waals surface area contributed by atoms with Gasteiger partial charge in [0, 0.05) is 5.69 Å². The molecule has 124 valence electrons. The van der Waals surface area contributed by atoms with E-state index in [0.717, 1.165) is 16.8 Å². The lowest BCUT2D eigenvalue weighted by molar-refractivity contribution is -0.127. The number of nitrogens with one attached hydrogen (secondary N) is 1. The van der Waals surface area contributed by atoms with E-state index in [1.165, 1.54) is 4.90 Å². The van der Waals surface area contributed by atoms with Gasteiger partial charge in [-0.15, -0.1) is 0 Å². The summed E-state index contributed by atoms with van der Waals surface area (Å²) in [5.74, 6) is 0.170. The second-order valence-corrected chi connectivity index (χ2v) is 6.02. The first-order valence-corrected chi connectivity index (χ1v) is 7.90. The Bertz CT molecular complexity index is 801. The number of hydrogen-bond donors (Lipinski definition) is 1. The van der Waals surface area contributed by atoms with Crippen LogP contribution in [0.2, 0.25) is 0 Å². The molecule has 2 aromatic rings. The van der Waals surface area contributed by atoms with Crippen molar-refractivity contribution in [3.05, 3.63) is 53.6 Å². The van der Waals surface area contributed by atoms with Crippen molar-refractivity contribution in [3.63, 3.8) is 0 Å². The van der Waals surface area contributed by atoms with Crippen LogP contribution in [0.3, 0.4) is 0 Å². The first kappa shape index (κ1) is 16.1. The van der Waals surface area contributed by atoms with Gasteiger partial charge in [0.15, 0.2) is 6.10 Å². The summed E-state index contributed by atoms with van der Waals surface area (Å²) in [6.07, 6.45) is -0.605. The number of nitrogens with zero attached hydrogens (tertiary/aromatic N) is 1. The number of aryl methyl sites for hydroxylation is 2. The van der Waals surface area contributed by atoms with Gasteiger partial charge in [0.2, 0.25) is 5.91 Å². The second-order valence-electron chi connectivity index (χ2n) is 6.02. The molecule has 0 spiro atoms. The number of para-hydroxylation sites is 1. The van der Waals surface area contributed by atoms with Crippen molar-refractivity contribution in [2.45, 2.75) is 26.9 Å². The van der Waals surface area contributed by atoms with E-state index in [4.69, 9.17) is 4.74 Å². The molecule has 1 aliphatic rings. The van der Waals surface area contributed by atoms with Crippen molar-refractivity contribution in [2.75, 3.05) is 16.8 Å². The molecule has 24 heavy (non-hydrogen) atoms. The van der Waals surface area contributed by atoms with Crippen LogP contribution < -0.4 is 15.0 Å². The highest BCUT2D eigenvalue weighted by Gasteiger charge is 2.32. The minimum atomic E-state index is -0.605. The van der Waals surface area contributed by atoms with Gasteiger partial charge < -0.3 is 10.1 Å². The average Bonchev–Trinajstić information content (AvgIpc) is 2.55. The van der Waals surface area contributed by atoms with E-state index in [1.807, 2.05) is 56.3 Å². The molecule has 0 unspecified atom stereocenters. The molecule has 0 saturated carbocycles. The lowest BCUT2D eigenvalue weighted by Gasteiger charge is -2.32. The van der Waals surface area contributed by atoms with Gasteiger partial charge in [-0.05, 0) is 50.1 Å². The van der Waals surface area contributed by atoms with Crippen molar-refractivity contribution in [1.29, 1.82) is 0 Å². The number of amides is 2. The molecule has 1 atom stereocenters. The zero-order valence-electron chi connectivity index (χ0n) is 14.0. The van der Waals surface area contributed by atoms with Crippen molar-refractivity contribution < 1.29 is 14.3 Å². The maximum absolute atomic E-state index is 12.5. The van der Waals surface area contributed by atoms with Gasteiger partial charge in [-0.1, -0.05) is 24.3 Å². The second kappa shape index (κ2) is 6.35. The molecule has 5 nitrogen and oxygen atoms in total. The molecule has 2 aromatic carbocycles. The normalized spacial score (nSPS) is 16.4. The summed E-state index contributed by atoms with van der Waals surface area (Å²) in [4.78, 5) is 26.4. The van der Waals surface area contributed by atoms with Crippen molar-refractivity contribution >= 4 is 23.2 Å². The Hall–Kier alpha value is -2.82. The number of fused-ring (bicyclic) bond motifs is 1. The third-order valence-electron chi connectivity index (χ3n) is 4.04. The molecular weight excluding hydrogens is 304 g/mol. The molecule has 5 heteroatoms. The molecule has 1 N–H and O–H groups in total. The van der Waals surface area contributed by atoms with Crippen LogP contribution in [0.15, 0.2) is 42.5 Å². The first-order chi connectivity index (χ1) is 11.5. The number of carbonyl (C=O) groups is 2.